The van der Waals surface area contributed by atoms with Crippen LogP contribution in [0.15, 0.2) is 80.7 Å². The van der Waals surface area contributed by atoms with Crippen LogP contribution in [0.4, 0.5) is 23.2 Å². The molecule has 0 fully saturated rings. The van der Waals surface area contributed by atoms with E-state index < -0.39 is 27.6 Å². The number of halogens is 4. The number of fused-ring (bicyclic) bond motifs is 1. The van der Waals surface area contributed by atoms with Crippen molar-refractivity contribution in [2.75, 3.05) is 17.6 Å². The van der Waals surface area contributed by atoms with E-state index in [4.69, 9.17) is 13.7 Å². The molecule has 3 aromatic carbocycles. The fourth-order valence-electron chi connectivity index (χ4n) is 3.92. The van der Waals surface area contributed by atoms with E-state index in [0.717, 1.165) is 18.4 Å². The molecule has 0 radical (unpaired) electrons. The van der Waals surface area contributed by atoms with Gasteiger partial charge in [-0.25, -0.2) is 12.8 Å². The van der Waals surface area contributed by atoms with Crippen LogP contribution in [0.2, 0.25) is 0 Å². The van der Waals surface area contributed by atoms with E-state index in [0.29, 0.717) is 28.5 Å². The highest BCUT2D eigenvalue weighted by Crippen LogP contribution is 2.32. The molecule has 41 heavy (non-hydrogen) atoms. The molecule has 0 bridgehead atoms. The Kier molecular flexibility index (Phi) is 7.26. The lowest BCUT2D eigenvalue weighted by Crippen LogP contribution is -2.09. The maximum atomic E-state index is 14.2. The maximum absolute atomic E-state index is 14.2. The fourth-order valence-corrected chi connectivity index (χ4v) is 4.49. The average Bonchev–Trinajstić information content (AvgIpc) is 3.36. The summed E-state index contributed by atoms with van der Waals surface area (Å²) in [6, 6.07) is 12.9. The molecule has 0 saturated heterocycles. The number of alkyl halides is 3. The lowest BCUT2D eigenvalue weighted by molar-refractivity contribution is -0.137. The van der Waals surface area contributed by atoms with E-state index >= 15 is 0 Å². The van der Waals surface area contributed by atoms with Gasteiger partial charge in [0.15, 0.2) is 5.43 Å². The second-order valence-electron chi connectivity index (χ2n) is 8.89. The summed E-state index contributed by atoms with van der Waals surface area (Å²) in [4.78, 5) is 17.1. The molecule has 0 aliphatic carbocycles. The number of hydrogen-bond acceptors (Lipinski definition) is 8. The molecule has 0 aliphatic rings. The Bertz CT molecular complexity index is 1900. The molecule has 0 aliphatic heterocycles. The third kappa shape index (κ3) is 6.38. The van der Waals surface area contributed by atoms with E-state index in [2.05, 4.69) is 14.9 Å². The van der Waals surface area contributed by atoms with Crippen molar-refractivity contribution < 1.29 is 39.7 Å². The quantitative estimate of drug-likeness (QED) is 0.230. The van der Waals surface area contributed by atoms with Crippen molar-refractivity contribution in [3.05, 3.63) is 94.4 Å². The Morgan fingerprint density at radius 3 is 2.44 bits per heavy atom. The molecule has 0 saturated carbocycles. The van der Waals surface area contributed by atoms with Gasteiger partial charge >= 0.3 is 6.18 Å². The van der Waals surface area contributed by atoms with Gasteiger partial charge in [0.05, 0.1) is 41.4 Å². The number of anilines is 1. The molecular weight excluding hydrogens is 570 g/mol. The highest BCUT2D eigenvalue weighted by Gasteiger charge is 2.31. The van der Waals surface area contributed by atoms with Crippen LogP contribution in [0.1, 0.15) is 11.5 Å². The van der Waals surface area contributed by atoms with Crippen molar-refractivity contribution in [3.63, 3.8) is 0 Å². The van der Waals surface area contributed by atoms with Crippen molar-refractivity contribution in [2.45, 2.75) is 12.6 Å². The van der Waals surface area contributed by atoms with Crippen molar-refractivity contribution in [3.8, 4) is 28.3 Å². The normalized spacial score (nSPS) is 12.0. The zero-order valence-corrected chi connectivity index (χ0v) is 21.8. The first-order chi connectivity index (χ1) is 19.4. The van der Waals surface area contributed by atoms with Gasteiger partial charge in [-0.3, -0.25) is 9.52 Å². The molecule has 5 rings (SSSR count). The van der Waals surface area contributed by atoms with Gasteiger partial charge < -0.3 is 13.7 Å². The number of sulfonamides is 1. The van der Waals surface area contributed by atoms with E-state index in [1.807, 2.05) is 0 Å². The van der Waals surface area contributed by atoms with Gasteiger partial charge in [-0.15, -0.1) is 0 Å². The van der Waals surface area contributed by atoms with Crippen LogP contribution in [0.5, 0.6) is 5.75 Å². The lowest BCUT2D eigenvalue weighted by Gasteiger charge is -2.08. The first-order valence-corrected chi connectivity index (χ1v) is 13.7. The van der Waals surface area contributed by atoms with Crippen LogP contribution in [-0.4, -0.2) is 31.4 Å². The smallest absolute Gasteiger partial charge is 0.416 e. The fraction of sp³-hybridized carbons (Fsp3) is 0.148. The van der Waals surface area contributed by atoms with Gasteiger partial charge in [0.2, 0.25) is 21.7 Å². The highest BCUT2D eigenvalue weighted by atomic mass is 32.2. The minimum absolute atomic E-state index is 0.0544. The Hall–Kier alpha value is -4.72. The lowest BCUT2D eigenvalue weighted by atomic mass is 10.1. The summed E-state index contributed by atoms with van der Waals surface area (Å²) in [5, 5.41) is 3.93. The van der Waals surface area contributed by atoms with Crippen molar-refractivity contribution in [1.29, 1.82) is 0 Å². The molecule has 14 heteroatoms. The minimum atomic E-state index is -4.68. The highest BCUT2D eigenvalue weighted by molar-refractivity contribution is 7.92. The summed E-state index contributed by atoms with van der Waals surface area (Å²) >= 11 is 0. The van der Waals surface area contributed by atoms with Gasteiger partial charge in [0.1, 0.15) is 23.4 Å². The van der Waals surface area contributed by atoms with Gasteiger partial charge in [-0.1, -0.05) is 17.3 Å². The molecule has 0 amide bonds. The van der Waals surface area contributed by atoms with Crippen LogP contribution < -0.4 is 14.9 Å². The Balaban J connectivity index is 1.25. The topological polar surface area (TPSA) is 125 Å². The molecule has 0 spiro atoms. The second kappa shape index (κ2) is 10.7. The van der Waals surface area contributed by atoms with Crippen molar-refractivity contribution in [2.24, 2.45) is 0 Å². The predicted molar refractivity (Wildman–Crippen MR) is 140 cm³/mol. The number of aromatic nitrogens is 2. The number of nitrogens with zero attached hydrogens (tertiary/aromatic N) is 2. The van der Waals surface area contributed by atoms with Crippen LogP contribution in [-0.2, 0) is 22.6 Å². The Morgan fingerprint density at radius 1 is 1.00 bits per heavy atom. The molecule has 9 nitrogen and oxygen atoms in total. The van der Waals surface area contributed by atoms with E-state index in [-0.39, 0.29) is 46.9 Å². The zero-order valence-electron chi connectivity index (χ0n) is 21.0. The largest absolute Gasteiger partial charge is 0.493 e. The molecule has 2 aromatic heterocycles. The standard InChI is InChI=1S/C27H19F4N3O6S/c1-41(36,37)34-17-5-2-15(3-6-17)21-14-39-23-13-18(7-9-20(23)25(21)35)38-11-10-24-32-26(33-40-24)19-8-4-16(12-22(19)28)27(29,30)31/h2-9,12-14,34H,10-11H2,1H3. The summed E-state index contributed by atoms with van der Waals surface area (Å²) in [6.07, 6.45) is -2.24. The average molecular weight is 590 g/mol. The number of ether oxygens (including phenoxy) is 1. The second-order valence-corrected chi connectivity index (χ2v) is 10.6. The molecule has 212 valence electrons. The van der Waals surface area contributed by atoms with E-state index in [1.54, 1.807) is 18.2 Å². The van der Waals surface area contributed by atoms with Gasteiger partial charge in [-0.05, 0) is 48.0 Å². The predicted octanol–water partition coefficient (Wildman–Crippen LogP) is 5.66. The summed E-state index contributed by atoms with van der Waals surface area (Å²) < 4.78 is 94.0. The van der Waals surface area contributed by atoms with Crippen molar-refractivity contribution in [1.82, 2.24) is 10.1 Å². The SMILES string of the molecule is CS(=O)(=O)Nc1ccc(-c2coc3cc(OCCc4nc(-c5ccc(C(F)(F)F)cc5F)no4)ccc3c2=O)cc1. The zero-order chi connectivity index (χ0) is 29.4. The summed E-state index contributed by atoms with van der Waals surface area (Å²) in [6.45, 7) is 0.0544. The third-order valence-electron chi connectivity index (χ3n) is 5.84. The third-order valence-corrected chi connectivity index (χ3v) is 6.44. The molecule has 0 unspecified atom stereocenters. The van der Waals surface area contributed by atoms with Crippen LogP contribution in [0, 0.1) is 5.82 Å². The minimum Gasteiger partial charge on any atom is -0.493 e. The Labute approximate surface area is 229 Å². The molecule has 5 aromatic rings. The first-order valence-electron chi connectivity index (χ1n) is 11.8. The molecule has 1 N–H and O–H groups in total. The van der Waals surface area contributed by atoms with E-state index in [9.17, 15) is 30.8 Å². The number of hydrogen-bond donors (Lipinski definition) is 1. The monoisotopic (exact) mass is 589 g/mol. The van der Waals surface area contributed by atoms with Gasteiger partial charge in [-0.2, -0.15) is 18.2 Å². The number of nitrogens with one attached hydrogen (secondary N) is 1. The van der Waals surface area contributed by atoms with Gasteiger partial charge in [0.25, 0.3) is 0 Å². The van der Waals surface area contributed by atoms with Gasteiger partial charge in [0, 0.05) is 11.8 Å². The molecule has 2 heterocycles. The first kappa shape index (κ1) is 27.8. The molecule has 0 atom stereocenters. The van der Waals surface area contributed by atoms with Crippen molar-refractivity contribution >= 4 is 26.7 Å². The summed E-state index contributed by atoms with van der Waals surface area (Å²) in [5.41, 5.74) is -0.216. The van der Waals surface area contributed by atoms with Crippen LogP contribution in [0.25, 0.3) is 33.5 Å². The number of benzene rings is 3. The maximum Gasteiger partial charge on any atom is 0.416 e. The van der Waals surface area contributed by atoms with E-state index in [1.165, 1.54) is 30.5 Å². The molecular formula is C27H19F4N3O6S. The summed E-state index contributed by atoms with van der Waals surface area (Å²) in [5.74, 6) is -0.881. The Morgan fingerprint density at radius 2 is 1.76 bits per heavy atom. The summed E-state index contributed by atoms with van der Waals surface area (Å²) in [7, 11) is -3.43. The number of rotatable bonds is 8. The van der Waals surface area contributed by atoms with Crippen LogP contribution >= 0.6 is 0 Å². The van der Waals surface area contributed by atoms with Crippen LogP contribution in [0.3, 0.4) is 0 Å².